The Balaban J connectivity index is 2.75. The van der Waals surface area contributed by atoms with E-state index in [1.165, 1.54) is 13.0 Å². The smallest absolute Gasteiger partial charge is 0.0424 e. The van der Waals surface area contributed by atoms with Crippen molar-refractivity contribution in [1.29, 1.82) is 0 Å². The van der Waals surface area contributed by atoms with Crippen molar-refractivity contribution in [3.8, 4) is 0 Å². The van der Waals surface area contributed by atoms with Gasteiger partial charge in [-0.25, -0.2) is 0 Å². The van der Waals surface area contributed by atoms with Gasteiger partial charge in [-0.2, -0.15) is 0 Å². The first-order valence-electron chi connectivity index (χ1n) is 4.36. The standard InChI is InChI=1S/C9H19NS/c1-5-9(8(2,3)4)6-10-7-11-9/h10H,5-7H2,1-4H3. The van der Waals surface area contributed by atoms with Crippen LogP contribution in [0.15, 0.2) is 0 Å². The normalized spacial score (nSPS) is 32.7. The monoisotopic (exact) mass is 173 g/mol. The number of nitrogens with one attached hydrogen (secondary N) is 1. The molecule has 1 fully saturated rings. The van der Waals surface area contributed by atoms with Gasteiger partial charge in [0.1, 0.15) is 0 Å². The quantitative estimate of drug-likeness (QED) is 0.654. The summed E-state index contributed by atoms with van der Waals surface area (Å²) in [7, 11) is 0. The van der Waals surface area contributed by atoms with E-state index in [2.05, 4.69) is 44.8 Å². The summed E-state index contributed by atoms with van der Waals surface area (Å²) < 4.78 is 0.479. The molecule has 1 unspecified atom stereocenters. The maximum Gasteiger partial charge on any atom is 0.0424 e. The number of rotatable bonds is 1. The Kier molecular flexibility index (Phi) is 2.55. The molecule has 0 radical (unpaired) electrons. The molecule has 1 N–H and O–H groups in total. The third kappa shape index (κ3) is 1.57. The Morgan fingerprint density at radius 2 is 2.09 bits per heavy atom. The van der Waals surface area contributed by atoms with Crippen LogP contribution in [0.2, 0.25) is 0 Å². The molecule has 1 aliphatic heterocycles. The first kappa shape index (κ1) is 9.40. The van der Waals surface area contributed by atoms with Crippen molar-refractivity contribution in [1.82, 2.24) is 5.32 Å². The molecule has 2 heteroatoms. The highest BCUT2D eigenvalue weighted by Crippen LogP contribution is 2.46. The molecule has 1 saturated heterocycles. The average Bonchev–Trinajstić information content (AvgIpc) is 2.33. The van der Waals surface area contributed by atoms with Gasteiger partial charge in [-0.05, 0) is 11.8 Å². The molecular formula is C9H19NS. The molecule has 0 amide bonds. The zero-order valence-corrected chi connectivity index (χ0v) is 8.85. The van der Waals surface area contributed by atoms with Gasteiger partial charge in [0.2, 0.25) is 0 Å². The van der Waals surface area contributed by atoms with Gasteiger partial charge in [-0.3, -0.25) is 0 Å². The molecule has 11 heavy (non-hydrogen) atoms. The fourth-order valence-electron chi connectivity index (χ4n) is 1.73. The zero-order chi connectivity index (χ0) is 8.54. The molecule has 0 saturated carbocycles. The number of hydrogen-bond donors (Lipinski definition) is 1. The lowest BCUT2D eigenvalue weighted by atomic mass is 9.78. The minimum atomic E-state index is 0.427. The van der Waals surface area contributed by atoms with Gasteiger partial charge in [-0.1, -0.05) is 27.7 Å². The first-order valence-corrected chi connectivity index (χ1v) is 5.35. The van der Waals surface area contributed by atoms with Crippen molar-refractivity contribution in [2.45, 2.75) is 38.9 Å². The zero-order valence-electron chi connectivity index (χ0n) is 8.03. The molecular weight excluding hydrogens is 154 g/mol. The molecule has 1 atom stereocenters. The third-order valence-electron chi connectivity index (χ3n) is 2.80. The Labute approximate surface area is 74.3 Å². The summed E-state index contributed by atoms with van der Waals surface area (Å²) in [6, 6.07) is 0. The Morgan fingerprint density at radius 3 is 2.27 bits per heavy atom. The molecule has 0 spiro atoms. The van der Waals surface area contributed by atoms with Gasteiger partial charge in [-0.15, -0.1) is 11.8 Å². The predicted molar refractivity (Wildman–Crippen MR) is 52.9 cm³/mol. The molecule has 0 aliphatic carbocycles. The van der Waals surface area contributed by atoms with Crippen LogP contribution in [-0.4, -0.2) is 17.2 Å². The van der Waals surface area contributed by atoms with Crippen LogP contribution in [0.3, 0.4) is 0 Å². The fraction of sp³-hybridized carbons (Fsp3) is 1.00. The summed E-state index contributed by atoms with van der Waals surface area (Å²) in [6.45, 7) is 10.5. The van der Waals surface area contributed by atoms with E-state index in [1.807, 2.05) is 0 Å². The van der Waals surface area contributed by atoms with Crippen molar-refractivity contribution in [3.05, 3.63) is 0 Å². The topological polar surface area (TPSA) is 12.0 Å². The Hall–Kier alpha value is 0.310. The lowest BCUT2D eigenvalue weighted by Crippen LogP contribution is -2.41. The minimum Gasteiger partial charge on any atom is -0.306 e. The van der Waals surface area contributed by atoms with Gasteiger partial charge in [0, 0.05) is 17.2 Å². The maximum atomic E-state index is 3.43. The number of hydrogen-bond acceptors (Lipinski definition) is 2. The van der Waals surface area contributed by atoms with E-state index in [0.717, 1.165) is 5.88 Å². The predicted octanol–water partition coefficient (Wildman–Crippen LogP) is 2.48. The SMILES string of the molecule is CCC1(C(C)(C)C)CNCS1. The molecule has 0 bridgehead atoms. The highest BCUT2D eigenvalue weighted by atomic mass is 32.2. The summed E-state index contributed by atoms with van der Waals surface area (Å²) in [5, 5.41) is 3.43. The van der Waals surface area contributed by atoms with Crippen LogP contribution in [0.25, 0.3) is 0 Å². The number of thioether (sulfide) groups is 1. The summed E-state index contributed by atoms with van der Waals surface area (Å²) >= 11 is 2.09. The van der Waals surface area contributed by atoms with Crippen LogP contribution in [0.1, 0.15) is 34.1 Å². The van der Waals surface area contributed by atoms with E-state index in [9.17, 15) is 0 Å². The van der Waals surface area contributed by atoms with E-state index in [0.29, 0.717) is 10.2 Å². The second-order valence-electron chi connectivity index (χ2n) is 4.31. The molecule has 66 valence electrons. The van der Waals surface area contributed by atoms with Crippen molar-refractivity contribution in [2.75, 3.05) is 12.4 Å². The molecule has 0 aromatic rings. The molecule has 1 nitrogen and oxygen atoms in total. The molecule has 0 aromatic carbocycles. The highest BCUT2D eigenvalue weighted by Gasteiger charge is 2.43. The van der Waals surface area contributed by atoms with Gasteiger partial charge < -0.3 is 5.32 Å². The summed E-state index contributed by atoms with van der Waals surface area (Å²) in [6.07, 6.45) is 1.27. The lowest BCUT2D eigenvalue weighted by Gasteiger charge is -2.39. The second kappa shape index (κ2) is 2.98. The van der Waals surface area contributed by atoms with Crippen LogP contribution >= 0.6 is 11.8 Å². The molecule has 0 aromatic heterocycles. The van der Waals surface area contributed by atoms with Gasteiger partial charge in [0.25, 0.3) is 0 Å². The van der Waals surface area contributed by atoms with Crippen LogP contribution < -0.4 is 5.32 Å². The largest absolute Gasteiger partial charge is 0.306 e. The van der Waals surface area contributed by atoms with Gasteiger partial charge in [0.15, 0.2) is 0 Å². The first-order chi connectivity index (χ1) is 5.02. The van der Waals surface area contributed by atoms with E-state index < -0.39 is 0 Å². The maximum absolute atomic E-state index is 3.43. The van der Waals surface area contributed by atoms with Gasteiger partial charge in [0.05, 0.1) is 0 Å². The van der Waals surface area contributed by atoms with Crippen molar-refractivity contribution in [3.63, 3.8) is 0 Å². The Morgan fingerprint density at radius 1 is 1.45 bits per heavy atom. The average molecular weight is 173 g/mol. The van der Waals surface area contributed by atoms with E-state index in [1.54, 1.807) is 0 Å². The van der Waals surface area contributed by atoms with Crippen molar-refractivity contribution < 1.29 is 0 Å². The van der Waals surface area contributed by atoms with E-state index in [4.69, 9.17) is 0 Å². The van der Waals surface area contributed by atoms with Crippen LogP contribution in [0.4, 0.5) is 0 Å². The molecule has 1 rings (SSSR count). The summed E-state index contributed by atoms with van der Waals surface area (Å²) in [4.78, 5) is 0. The Bertz CT molecular complexity index is 131. The second-order valence-corrected chi connectivity index (χ2v) is 5.67. The summed E-state index contributed by atoms with van der Waals surface area (Å²) in [5.74, 6) is 1.13. The third-order valence-corrected chi connectivity index (χ3v) is 4.75. The van der Waals surface area contributed by atoms with Gasteiger partial charge >= 0.3 is 0 Å². The van der Waals surface area contributed by atoms with Crippen LogP contribution in [0, 0.1) is 5.41 Å². The minimum absolute atomic E-state index is 0.427. The van der Waals surface area contributed by atoms with E-state index >= 15 is 0 Å². The van der Waals surface area contributed by atoms with Crippen molar-refractivity contribution in [2.24, 2.45) is 5.41 Å². The lowest BCUT2D eigenvalue weighted by molar-refractivity contribution is 0.277. The highest BCUT2D eigenvalue weighted by molar-refractivity contribution is 8.00. The molecule has 1 aliphatic rings. The fourth-order valence-corrected chi connectivity index (χ4v) is 3.05. The van der Waals surface area contributed by atoms with Crippen LogP contribution in [0.5, 0.6) is 0 Å². The molecule has 1 heterocycles. The van der Waals surface area contributed by atoms with E-state index in [-0.39, 0.29) is 0 Å². The van der Waals surface area contributed by atoms with Crippen LogP contribution in [-0.2, 0) is 0 Å². The van der Waals surface area contributed by atoms with Crippen molar-refractivity contribution >= 4 is 11.8 Å². The summed E-state index contributed by atoms with van der Waals surface area (Å²) in [5.41, 5.74) is 0.427.